The Labute approximate surface area is 264 Å². The minimum absolute atomic E-state index is 0.0383. The summed E-state index contributed by atoms with van der Waals surface area (Å²) < 4.78 is 17.3. The van der Waals surface area contributed by atoms with Gasteiger partial charge in [0.2, 0.25) is 0 Å². The number of fused-ring (bicyclic) bond motifs is 3. The number of ether oxygens (including phenoxy) is 2. The largest absolute Gasteiger partial charge is 0.455 e. The van der Waals surface area contributed by atoms with E-state index in [0.29, 0.717) is 0 Å². The quantitative estimate of drug-likeness (QED) is 0.127. The fraction of sp³-hybridized carbons (Fsp3) is 0.297. The van der Waals surface area contributed by atoms with E-state index in [1.807, 2.05) is 0 Å². The van der Waals surface area contributed by atoms with Gasteiger partial charge >= 0.3 is 0 Å². The van der Waals surface area contributed by atoms with Gasteiger partial charge in [-0.15, -0.1) is 0 Å². The van der Waals surface area contributed by atoms with E-state index in [0.717, 1.165) is 11.5 Å². The molecule has 2 nitrogen and oxygen atoms in total. The van der Waals surface area contributed by atoms with E-state index < -0.39 is 5.41 Å². The summed E-state index contributed by atoms with van der Waals surface area (Å²) >= 11 is 0.321. The molecule has 2 aliphatic heterocycles. The van der Waals surface area contributed by atoms with Crippen molar-refractivity contribution in [1.29, 1.82) is 0 Å². The number of alkyl halides is 2. The highest BCUT2D eigenvalue weighted by atomic mass is 127. The molecule has 7 rings (SSSR count). The molecule has 0 radical (unpaired) electrons. The van der Waals surface area contributed by atoms with Crippen LogP contribution < -0.4 is 9.47 Å². The first-order valence-electron chi connectivity index (χ1n) is 14.3. The van der Waals surface area contributed by atoms with Gasteiger partial charge in [0.25, 0.3) is 0 Å². The van der Waals surface area contributed by atoms with Crippen molar-refractivity contribution in [2.75, 3.05) is 8.86 Å². The zero-order valence-corrected chi connectivity index (χ0v) is 28.9. The molecular formula is C37H36I2O2. The van der Waals surface area contributed by atoms with Crippen molar-refractivity contribution in [3.05, 3.63) is 118 Å². The Balaban J connectivity index is 1.51. The second kappa shape index (κ2) is 9.87. The van der Waals surface area contributed by atoms with Gasteiger partial charge in [-0.1, -0.05) is 144 Å². The van der Waals surface area contributed by atoms with Gasteiger partial charge in [0, 0.05) is 0 Å². The predicted octanol–water partition coefficient (Wildman–Crippen LogP) is 9.63. The molecule has 0 aromatic heterocycles. The lowest BCUT2D eigenvalue weighted by Crippen LogP contribution is -2.29. The molecule has 0 unspecified atom stereocenters. The van der Waals surface area contributed by atoms with Crippen LogP contribution in [-0.2, 0) is 16.2 Å². The minimum atomic E-state index is -0.455. The van der Waals surface area contributed by atoms with E-state index in [1.54, 1.807) is 0 Å². The summed E-state index contributed by atoms with van der Waals surface area (Å²) in [5.41, 5.74) is 10.2. The number of benzene rings is 4. The monoisotopic (exact) mass is 766 g/mol. The van der Waals surface area contributed by atoms with E-state index >= 15 is 0 Å². The van der Waals surface area contributed by atoms with Gasteiger partial charge in [-0.2, -0.15) is 0 Å². The van der Waals surface area contributed by atoms with Crippen LogP contribution in [-0.4, -0.2) is 16.2 Å². The molecule has 1 aliphatic carbocycles. The van der Waals surface area contributed by atoms with Gasteiger partial charge in [-0.05, 0) is 79.6 Å². The van der Waals surface area contributed by atoms with Crippen LogP contribution in [0.3, 0.4) is 0 Å². The Morgan fingerprint density at radius 1 is 0.537 bits per heavy atom. The molecule has 4 heteroatoms. The topological polar surface area (TPSA) is 18.5 Å². The first-order valence-corrected chi connectivity index (χ1v) is 19.5. The molecule has 4 aromatic carbocycles. The molecule has 0 saturated carbocycles. The van der Waals surface area contributed by atoms with Crippen molar-refractivity contribution in [3.8, 4) is 22.6 Å². The van der Waals surface area contributed by atoms with E-state index in [9.17, 15) is 0 Å². The third kappa shape index (κ3) is 5.03. The third-order valence-electron chi connectivity index (χ3n) is 8.39. The Bertz CT molecular complexity index is 1600. The Morgan fingerprint density at radius 3 is 1.22 bits per heavy atom. The minimum Gasteiger partial charge on any atom is -0.455 e. The van der Waals surface area contributed by atoms with Gasteiger partial charge in [-0.3, -0.25) is 0 Å². The van der Waals surface area contributed by atoms with Crippen LogP contribution in [0, 0.1) is 0 Å². The van der Waals surface area contributed by atoms with Crippen molar-refractivity contribution in [1.82, 2.24) is 0 Å². The van der Waals surface area contributed by atoms with E-state index in [2.05, 4.69) is 126 Å². The van der Waals surface area contributed by atoms with Gasteiger partial charge in [-0.25, -0.2) is 0 Å². The fourth-order valence-electron chi connectivity index (χ4n) is 6.01. The summed E-state index contributed by atoms with van der Waals surface area (Å²) in [6, 6.07) is 32.3. The maximum atomic E-state index is 6.16. The summed E-state index contributed by atoms with van der Waals surface area (Å²) in [6.45, 7) is 13.9. The first-order chi connectivity index (χ1) is 19.5. The van der Waals surface area contributed by atoms with Crippen LogP contribution in [0.4, 0.5) is 0 Å². The second-order valence-corrected chi connectivity index (χ2v) is 18.7. The predicted molar refractivity (Wildman–Crippen MR) is 190 cm³/mol. The highest BCUT2D eigenvalue weighted by Gasteiger charge is 2.47. The SMILES string of the molecule is CC(C)(C)c1ccc2c(c1)C(c1ccc(OC3=IC3)cc1)(c1ccc(OC3=IC3)cc1)c1cc(C(C)(C)C)ccc1-2. The average molecular weight is 767 g/mol. The molecule has 2 heterocycles. The Morgan fingerprint density at radius 2 is 0.902 bits per heavy atom. The third-order valence-corrected chi connectivity index (χ3v) is 11.6. The number of rotatable bonds is 6. The van der Waals surface area contributed by atoms with E-state index in [4.69, 9.17) is 9.47 Å². The molecule has 3 aliphatic rings. The van der Waals surface area contributed by atoms with Crippen LogP contribution >= 0.6 is 41.5 Å². The van der Waals surface area contributed by atoms with Crippen molar-refractivity contribution < 1.29 is 9.47 Å². The molecule has 0 spiro atoms. The van der Waals surface area contributed by atoms with Crippen LogP contribution in [0.2, 0.25) is 0 Å². The van der Waals surface area contributed by atoms with Crippen LogP contribution in [0.25, 0.3) is 11.1 Å². The van der Waals surface area contributed by atoms with Gasteiger partial charge < -0.3 is 9.47 Å². The zero-order chi connectivity index (χ0) is 28.6. The van der Waals surface area contributed by atoms with Gasteiger partial charge in [0.15, 0.2) is 0 Å². The second-order valence-electron chi connectivity index (χ2n) is 13.3. The summed E-state index contributed by atoms with van der Waals surface area (Å²) in [5, 5.41) is 0. The first kappa shape index (κ1) is 27.5. The van der Waals surface area contributed by atoms with Crippen LogP contribution in [0.5, 0.6) is 11.5 Å². The van der Waals surface area contributed by atoms with Crippen molar-refractivity contribution in [2.45, 2.75) is 57.8 Å². The molecule has 0 atom stereocenters. The van der Waals surface area contributed by atoms with Crippen molar-refractivity contribution in [2.24, 2.45) is 0 Å². The molecule has 0 amide bonds. The lowest BCUT2D eigenvalue weighted by molar-refractivity contribution is 0.566. The van der Waals surface area contributed by atoms with Crippen molar-refractivity contribution >= 4 is 48.9 Å². The smallest absolute Gasteiger partial charge is 0.141 e. The summed E-state index contributed by atoms with van der Waals surface area (Å²) in [6.07, 6.45) is 0. The van der Waals surface area contributed by atoms with Crippen LogP contribution in [0.15, 0.2) is 84.9 Å². The van der Waals surface area contributed by atoms with Crippen molar-refractivity contribution in [3.63, 3.8) is 0 Å². The molecular weight excluding hydrogens is 730 g/mol. The Hall–Kier alpha value is -2.32. The van der Waals surface area contributed by atoms with E-state index in [1.165, 1.54) is 60.8 Å². The fourth-order valence-corrected chi connectivity index (χ4v) is 7.45. The number of hydrogen-bond donors (Lipinski definition) is 0. The summed E-state index contributed by atoms with van der Waals surface area (Å²) in [4.78, 5) is 0. The molecule has 0 saturated heterocycles. The number of halogens is 2. The van der Waals surface area contributed by atoms with Crippen LogP contribution in [0.1, 0.15) is 74.9 Å². The Kier molecular flexibility index (Phi) is 6.62. The highest BCUT2D eigenvalue weighted by Crippen LogP contribution is 2.57. The molecule has 4 aromatic rings. The standard InChI is InChI=1S/C37H36I2O2/c1-35(2,3)25-11-17-29-30-18-12-26(36(4,5)6)20-32(30)37(31(29)19-25,23-7-13-27(14-8-23)40-33-21-38-33)24-9-15-28(16-10-24)41-34-22-39-34/h7-20H,21-22H2,1-6H3. The maximum absolute atomic E-state index is 6.16. The molecule has 0 bridgehead atoms. The molecule has 41 heavy (non-hydrogen) atoms. The lowest BCUT2D eigenvalue weighted by atomic mass is 9.66. The van der Waals surface area contributed by atoms with E-state index in [-0.39, 0.29) is 52.3 Å². The molecule has 210 valence electrons. The summed E-state index contributed by atoms with van der Waals surface area (Å²) in [7, 11) is 0. The molecule has 0 fully saturated rings. The highest BCUT2D eigenvalue weighted by molar-refractivity contribution is 14.2. The number of hydrogen-bond acceptors (Lipinski definition) is 2. The van der Waals surface area contributed by atoms with Gasteiger partial charge in [0.05, 0.1) is 14.3 Å². The zero-order valence-electron chi connectivity index (χ0n) is 24.6. The normalized spacial score (nSPS) is 16.7. The molecule has 0 N–H and O–H groups in total. The lowest BCUT2D eigenvalue weighted by Gasteiger charge is -2.35. The maximum Gasteiger partial charge on any atom is 0.141 e. The van der Waals surface area contributed by atoms with Gasteiger partial charge in [0.1, 0.15) is 18.9 Å². The average Bonchev–Trinajstić information content (AvgIpc) is 3.88. The summed E-state index contributed by atoms with van der Waals surface area (Å²) in [5.74, 6) is 1.91.